The summed E-state index contributed by atoms with van der Waals surface area (Å²) in [6.07, 6.45) is 3.98. The molecule has 1 aliphatic carbocycles. The van der Waals surface area contributed by atoms with E-state index in [1.54, 1.807) is 0 Å². The predicted molar refractivity (Wildman–Crippen MR) is 52.5 cm³/mol. The standard InChI is InChI=1S/C10H21NO2/c1-9(10-3-2-4-10)11(5-7-12)6-8-13/h9-10,12-13H,2-8H2,1H3. The lowest BCUT2D eigenvalue weighted by molar-refractivity contribution is 0.0725. The number of aliphatic hydroxyl groups is 2. The summed E-state index contributed by atoms with van der Waals surface area (Å²) in [6, 6.07) is 0.521. The molecule has 1 unspecified atom stereocenters. The molecule has 0 aromatic heterocycles. The highest BCUT2D eigenvalue weighted by Gasteiger charge is 2.27. The van der Waals surface area contributed by atoms with Crippen LogP contribution in [-0.4, -0.2) is 47.5 Å². The molecule has 1 fully saturated rings. The monoisotopic (exact) mass is 187 g/mol. The van der Waals surface area contributed by atoms with Crippen LogP contribution in [0.15, 0.2) is 0 Å². The van der Waals surface area contributed by atoms with Crippen molar-refractivity contribution in [3.8, 4) is 0 Å². The Morgan fingerprint density at radius 3 is 2.08 bits per heavy atom. The Balaban J connectivity index is 2.32. The first-order valence-corrected chi connectivity index (χ1v) is 5.25. The summed E-state index contributed by atoms with van der Waals surface area (Å²) in [5.41, 5.74) is 0. The molecule has 3 nitrogen and oxygen atoms in total. The van der Waals surface area contributed by atoms with Gasteiger partial charge in [-0.2, -0.15) is 0 Å². The smallest absolute Gasteiger partial charge is 0.0558 e. The van der Waals surface area contributed by atoms with Gasteiger partial charge in [-0.15, -0.1) is 0 Å². The summed E-state index contributed by atoms with van der Waals surface area (Å²) in [5.74, 6) is 0.790. The van der Waals surface area contributed by atoms with Gasteiger partial charge in [0.2, 0.25) is 0 Å². The van der Waals surface area contributed by atoms with Crippen LogP contribution in [-0.2, 0) is 0 Å². The number of nitrogens with zero attached hydrogens (tertiary/aromatic N) is 1. The molecule has 0 spiro atoms. The lowest BCUT2D eigenvalue weighted by Gasteiger charge is -2.38. The minimum atomic E-state index is 0.192. The second-order valence-electron chi connectivity index (χ2n) is 3.91. The fraction of sp³-hybridized carbons (Fsp3) is 1.00. The molecule has 0 radical (unpaired) electrons. The highest BCUT2D eigenvalue weighted by atomic mass is 16.3. The first-order valence-electron chi connectivity index (χ1n) is 5.25. The van der Waals surface area contributed by atoms with E-state index in [1.165, 1.54) is 19.3 Å². The van der Waals surface area contributed by atoms with Gasteiger partial charge in [-0.05, 0) is 25.7 Å². The van der Waals surface area contributed by atoms with Crippen LogP contribution in [0.25, 0.3) is 0 Å². The second kappa shape index (κ2) is 5.58. The van der Waals surface area contributed by atoms with Crippen molar-refractivity contribution in [2.75, 3.05) is 26.3 Å². The molecular formula is C10H21NO2. The Morgan fingerprint density at radius 1 is 1.23 bits per heavy atom. The summed E-state index contributed by atoms with van der Waals surface area (Å²) in [5, 5.41) is 17.7. The van der Waals surface area contributed by atoms with Crippen LogP contribution in [0, 0.1) is 5.92 Å². The first kappa shape index (κ1) is 11.0. The normalized spacial score (nSPS) is 20.3. The van der Waals surface area contributed by atoms with Gasteiger partial charge < -0.3 is 10.2 Å². The number of hydrogen-bond donors (Lipinski definition) is 2. The van der Waals surface area contributed by atoms with Gasteiger partial charge in [0.1, 0.15) is 0 Å². The fourth-order valence-electron chi connectivity index (χ4n) is 2.00. The van der Waals surface area contributed by atoms with Gasteiger partial charge in [0.25, 0.3) is 0 Å². The van der Waals surface area contributed by atoms with Crippen molar-refractivity contribution in [1.82, 2.24) is 4.90 Å². The Morgan fingerprint density at radius 2 is 1.77 bits per heavy atom. The van der Waals surface area contributed by atoms with Crippen LogP contribution in [0.4, 0.5) is 0 Å². The minimum Gasteiger partial charge on any atom is -0.395 e. The molecule has 13 heavy (non-hydrogen) atoms. The van der Waals surface area contributed by atoms with Gasteiger partial charge in [0, 0.05) is 19.1 Å². The Kier molecular flexibility index (Phi) is 4.70. The summed E-state index contributed by atoms with van der Waals surface area (Å²) in [6.45, 7) is 3.97. The van der Waals surface area contributed by atoms with Gasteiger partial charge in [0.05, 0.1) is 13.2 Å². The van der Waals surface area contributed by atoms with Gasteiger partial charge in [-0.25, -0.2) is 0 Å². The van der Waals surface area contributed by atoms with Crippen molar-refractivity contribution in [2.45, 2.75) is 32.2 Å². The van der Waals surface area contributed by atoms with Crippen LogP contribution in [0.1, 0.15) is 26.2 Å². The zero-order chi connectivity index (χ0) is 9.68. The third-order valence-electron chi connectivity index (χ3n) is 3.18. The van der Waals surface area contributed by atoms with Crippen molar-refractivity contribution < 1.29 is 10.2 Å². The molecule has 0 amide bonds. The molecule has 78 valence electrons. The van der Waals surface area contributed by atoms with Crippen molar-refractivity contribution in [2.24, 2.45) is 5.92 Å². The molecule has 1 saturated carbocycles. The van der Waals surface area contributed by atoms with Crippen molar-refractivity contribution >= 4 is 0 Å². The number of aliphatic hydroxyl groups excluding tert-OH is 2. The van der Waals surface area contributed by atoms with Crippen LogP contribution in [0.5, 0.6) is 0 Å². The SMILES string of the molecule is CC(C1CCC1)N(CCO)CCO. The van der Waals surface area contributed by atoms with Crippen LogP contribution < -0.4 is 0 Å². The molecular weight excluding hydrogens is 166 g/mol. The average molecular weight is 187 g/mol. The van der Waals surface area contributed by atoms with E-state index in [0.717, 1.165) is 5.92 Å². The summed E-state index contributed by atoms with van der Waals surface area (Å²) in [7, 11) is 0. The van der Waals surface area contributed by atoms with E-state index < -0.39 is 0 Å². The molecule has 0 saturated heterocycles. The highest BCUT2D eigenvalue weighted by Crippen LogP contribution is 2.31. The summed E-state index contributed by atoms with van der Waals surface area (Å²) < 4.78 is 0. The lowest BCUT2D eigenvalue weighted by Crippen LogP contribution is -2.43. The van der Waals surface area contributed by atoms with E-state index in [1.807, 2.05) is 0 Å². The maximum atomic E-state index is 8.86. The second-order valence-corrected chi connectivity index (χ2v) is 3.91. The van der Waals surface area contributed by atoms with E-state index >= 15 is 0 Å². The third-order valence-corrected chi connectivity index (χ3v) is 3.18. The molecule has 0 aromatic carbocycles. The summed E-state index contributed by atoms with van der Waals surface area (Å²) in [4.78, 5) is 2.18. The lowest BCUT2D eigenvalue weighted by atomic mass is 9.80. The Hall–Kier alpha value is -0.120. The molecule has 1 rings (SSSR count). The van der Waals surface area contributed by atoms with Gasteiger partial charge in [-0.1, -0.05) is 6.42 Å². The maximum absolute atomic E-state index is 8.86. The third kappa shape index (κ3) is 2.93. The molecule has 0 aromatic rings. The van der Waals surface area contributed by atoms with Crippen molar-refractivity contribution in [3.63, 3.8) is 0 Å². The average Bonchev–Trinajstić information content (AvgIpc) is 2.01. The van der Waals surface area contributed by atoms with Crippen LogP contribution in [0.3, 0.4) is 0 Å². The van der Waals surface area contributed by atoms with Gasteiger partial charge in [-0.3, -0.25) is 4.90 Å². The van der Waals surface area contributed by atoms with E-state index in [-0.39, 0.29) is 13.2 Å². The zero-order valence-corrected chi connectivity index (χ0v) is 8.45. The van der Waals surface area contributed by atoms with Crippen LogP contribution >= 0.6 is 0 Å². The van der Waals surface area contributed by atoms with E-state index in [4.69, 9.17) is 10.2 Å². The Bertz CT molecular complexity index is 131. The van der Waals surface area contributed by atoms with E-state index in [2.05, 4.69) is 11.8 Å². The van der Waals surface area contributed by atoms with Crippen molar-refractivity contribution in [3.05, 3.63) is 0 Å². The molecule has 0 aliphatic heterocycles. The zero-order valence-electron chi connectivity index (χ0n) is 8.45. The Labute approximate surface area is 80.4 Å². The molecule has 2 N–H and O–H groups in total. The number of hydrogen-bond acceptors (Lipinski definition) is 3. The molecule has 1 aliphatic rings. The highest BCUT2D eigenvalue weighted by molar-refractivity contribution is 4.81. The molecule has 3 heteroatoms. The molecule has 1 atom stereocenters. The van der Waals surface area contributed by atoms with Gasteiger partial charge >= 0.3 is 0 Å². The topological polar surface area (TPSA) is 43.7 Å². The first-order chi connectivity index (χ1) is 6.29. The molecule has 0 heterocycles. The minimum absolute atomic E-state index is 0.192. The van der Waals surface area contributed by atoms with E-state index in [0.29, 0.717) is 19.1 Å². The van der Waals surface area contributed by atoms with Crippen LogP contribution in [0.2, 0.25) is 0 Å². The predicted octanol–water partition coefficient (Wildman–Crippen LogP) is 0.462. The number of rotatable bonds is 6. The largest absolute Gasteiger partial charge is 0.395 e. The van der Waals surface area contributed by atoms with E-state index in [9.17, 15) is 0 Å². The fourth-order valence-corrected chi connectivity index (χ4v) is 2.00. The maximum Gasteiger partial charge on any atom is 0.0558 e. The van der Waals surface area contributed by atoms with Gasteiger partial charge in [0.15, 0.2) is 0 Å². The summed E-state index contributed by atoms with van der Waals surface area (Å²) >= 11 is 0. The van der Waals surface area contributed by atoms with Crippen molar-refractivity contribution in [1.29, 1.82) is 0 Å². The quantitative estimate of drug-likeness (QED) is 0.635. The molecule has 0 bridgehead atoms.